The van der Waals surface area contributed by atoms with Gasteiger partial charge in [0.2, 0.25) is 0 Å². The summed E-state index contributed by atoms with van der Waals surface area (Å²) < 4.78 is 4.67. The first kappa shape index (κ1) is 11.2. The molecule has 1 aliphatic carbocycles. The molecule has 0 aromatic rings. The Morgan fingerprint density at radius 3 is 2.71 bits per heavy atom. The van der Waals surface area contributed by atoms with E-state index < -0.39 is 5.92 Å². The van der Waals surface area contributed by atoms with Crippen LogP contribution in [0.15, 0.2) is 0 Å². The average Bonchev–Trinajstić information content (AvgIpc) is 2.15. The summed E-state index contributed by atoms with van der Waals surface area (Å²) in [5, 5.41) is 0. The van der Waals surface area contributed by atoms with E-state index >= 15 is 0 Å². The van der Waals surface area contributed by atoms with E-state index in [1.807, 2.05) is 6.92 Å². The Labute approximate surface area is 84.8 Å². The summed E-state index contributed by atoms with van der Waals surface area (Å²) >= 11 is 0. The van der Waals surface area contributed by atoms with Crippen molar-refractivity contribution in [1.29, 1.82) is 0 Å². The van der Waals surface area contributed by atoms with Gasteiger partial charge in [-0.05, 0) is 18.8 Å². The molecule has 0 saturated heterocycles. The molecule has 14 heavy (non-hydrogen) atoms. The van der Waals surface area contributed by atoms with Gasteiger partial charge in [-0.25, -0.2) is 0 Å². The molecule has 1 rings (SSSR count). The van der Waals surface area contributed by atoms with Crippen molar-refractivity contribution < 1.29 is 14.3 Å². The SMILES string of the molecule is COC(=O)[C@H]1C(=O)CCCCC[C@@H]1C. The van der Waals surface area contributed by atoms with Crippen molar-refractivity contribution in [3.8, 4) is 0 Å². The lowest BCUT2D eigenvalue weighted by atomic mass is 9.82. The second-order valence-electron chi connectivity index (χ2n) is 4.04. The van der Waals surface area contributed by atoms with Crippen LogP contribution in [0.25, 0.3) is 0 Å². The summed E-state index contributed by atoms with van der Waals surface area (Å²) in [6.45, 7) is 1.96. The highest BCUT2D eigenvalue weighted by Gasteiger charge is 2.32. The fraction of sp³-hybridized carbons (Fsp3) is 0.818. The van der Waals surface area contributed by atoms with Gasteiger partial charge in [0.1, 0.15) is 11.7 Å². The van der Waals surface area contributed by atoms with Gasteiger partial charge in [-0.3, -0.25) is 9.59 Å². The van der Waals surface area contributed by atoms with Gasteiger partial charge in [0.25, 0.3) is 0 Å². The summed E-state index contributed by atoms with van der Waals surface area (Å²) in [4.78, 5) is 23.1. The Morgan fingerprint density at radius 2 is 2.07 bits per heavy atom. The Morgan fingerprint density at radius 1 is 1.36 bits per heavy atom. The fourth-order valence-corrected chi connectivity index (χ4v) is 2.07. The first-order chi connectivity index (χ1) is 6.66. The fourth-order valence-electron chi connectivity index (χ4n) is 2.07. The maximum atomic E-state index is 11.7. The van der Waals surface area contributed by atoms with Gasteiger partial charge in [0, 0.05) is 6.42 Å². The van der Waals surface area contributed by atoms with Crippen molar-refractivity contribution in [2.45, 2.75) is 39.0 Å². The minimum Gasteiger partial charge on any atom is -0.468 e. The third kappa shape index (κ3) is 2.56. The molecule has 1 fully saturated rings. The number of rotatable bonds is 1. The molecule has 0 radical (unpaired) electrons. The summed E-state index contributed by atoms with van der Waals surface area (Å²) in [5.74, 6) is -0.677. The number of hydrogen-bond donors (Lipinski definition) is 0. The van der Waals surface area contributed by atoms with E-state index in [0.717, 1.165) is 25.7 Å². The van der Waals surface area contributed by atoms with Crippen LogP contribution in [0.3, 0.4) is 0 Å². The lowest BCUT2D eigenvalue weighted by Crippen LogP contribution is -2.32. The molecule has 0 aliphatic heterocycles. The molecule has 0 aromatic carbocycles. The lowest BCUT2D eigenvalue weighted by Gasteiger charge is -2.22. The lowest BCUT2D eigenvalue weighted by molar-refractivity contribution is -0.151. The van der Waals surface area contributed by atoms with Crippen LogP contribution in [0.4, 0.5) is 0 Å². The summed E-state index contributed by atoms with van der Waals surface area (Å²) in [5.41, 5.74) is 0. The second kappa shape index (κ2) is 5.13. The van der Waals surface area contributed by atoms with Crippen LogP contribution in [0.5, 0.6) is 0 Å². The molecule has 1 saturated carbocycles. The molecular formula is C11H18O3. The van der Waals surface area contributed by atoms with E-state index in [4.69, 9.17) is 0 Å². The molecule has 0 aromatic heterocycles. The molecule has 2 atom stereocenters. The standard InChI is InChI=1S/C11H18O3/c1-8-6-4-3-5-7-9(12)10(8)11(13)14-2/h8,10H,3-7H2,1-2H3/t8-,10+/m0/s1. The molecule has 0 unspecified atom stereocenters. The average molecular weight is 198 g/mol. The number of carbonyl (C=O) groups excluding carboxylic acids is 2. The molecule has 0 spiro atoms. The molecule has 0 bridgehead atoms. The van der Waals surface area contributed by atoms with E-state index in [2.05, 4.69) is 4.74 Å². The molecule has 3 heteroatoms. The van der Waals surface area contributed by atoms with E-state index in [0.29, 0.717) is 6.42 Å². The van der Waals surface area contributed by atoms with Crippen LogP contribution in [0, 0.1) is 11.8 Å². The van der Waals surface area contributed by atoms with Crippen LogP contribution in [-0.4, -0.2) is 18.9 Å². The van der Waals surface area contributed by atoms with Gasteiger partial charge in [0.05, 0.1) is 7.11 Å². The van der Waals surface area contributed by atoms with Crippen LogP contribution in [0.1, 0.15) is 39.0 Å². The highest BCUT2D eigenvalue weighted by Crippen LogP contribution is 2.26. The van der Waals surface area contributed by atoms with E-state index in [9.17, 15) is 9.59 Å². The maximum Gasteiger partial charge on any atom is 0.316 e. The zero-order chi connectivity index (χ0) is 10.6. The number of ketones is 1. The topological polar surface area (TPSA) is 43.4 Å². The van der Waals surface area contributed by atoms with Gasteiger partial charge in [0.15, 0.2) is 0 Å². The monoisotopic (exact) mass is 198 g/mol. The second-order valence-corrected chi connectivity index (χ2v) is 4.04. The number of hydrogen-bond acceptors (Lipinski definition) is 3. The van der Waals surface area contributed by atoms with Crippen LogP contribution >= 0.6 is 0 Å². The maximum absolute atomic E-state index is 11.7. The summed E-state index contributed by atoms with van der Waals surface area (Å²) in [6, 6.07) is 0. The minimum atomic E-state index is -0.514. The smallest absolute Gasteiger partial charge is 0.316 e. The van der Waals surface area contributed by atoms with E-state index in [1.54, 1.807) is 0 Å². The molecule has 0 amide bonds. The first-order valence-corrected chi connectivity index (χ1v) is 5.27. The molecule has 0 heterocycles. The summed E-state index contributed by atoms with van der Waals surface area (Å²) in [6.07, 6.45) is 4.61. The zero-order valence-corrected chi connectivity index (χ0v) is 8.91. The van der Waals surface area contributed by atoms with Gasteiger partial charge >= 0.3 is 5.97 Å². The number of methoxy groups -OCH3 is 1. The Balaban J connectivity index is 2.72. The van der Waals surface area contributed by atoms with Crippen molar-refractivity contribution >= 4 is 11.8 Å². The third-order valence-electron chi connectivity index (χ3n) is 2.95. The highest BCUT2D eigenvalue weighted by atomic mass is 16.5. The first-order valence-electron chi connectivity index (χ1n) is 5.27. The van der Waals surface area contributed by atoms with Crippen LogP contribution < -0.4 is 0 Å². The normalized spacial score (nSPS) is 29.1. The van der Waals surface area contributed by atoms with Crippen molar-refractivity contribution in [3.05, 3.63) is 0 Å². The quantitative estimate of drug-likeness (QED) is 0.477. The van der Waals surface area contributed by atoms with Gasteiger partial charge < -0.3 is 4.74 Å². The van der Waals surface area contributed by atoms with Crippen molar-refractivity contribution in [3.63, 3.8) is 0 Å². The molecular weight excluding hydrogens is 180 g/mol. The summed E-state index contributed by atoms with van der Waals surface area (Å²) in [7, 11) is 1.35. The molecule has 1 aliphatic rings. The Kier molecular flexibility index (Phi) is 4.11. The van der Waals surface area contributed by atoms with E-state index in [-0.39, 0.29) is 17.7 Å². The number of Topliss-reactive ketones (excluding diaryl/α,β-unsaturated/α-hetero) is 1. The molecule has 0 N–H and O–H groups in total. The van der Waals surface area contributed by atoms with Crippen LogP contribution in [-0.2, 0) is 14.3 Å². The largest absolute Gasteiger partial charge is 0.468 e. The zero-order valence-electron chi connectivity index (χ0n) is 8.91. The molecule has 3 nitrogen and oxygen atoms in total. The Hall–Kier alpha value is -0.860. The predicted molar refractivity (Wildman–Crippen MR) is 52.8 cm³/mol. The molecule has 80 valence electrons. The third-order valence-corrected chi connectivity index (χ3v) is 2.95. The predicted octanol–water partition coefficient (Wildman–Crippen LogP) is 1.94. The van der Waals surface area contributed by atoms with Crippen molar-refractivity contribution in [2.75, 3.05) is 7.11 Å². The van der Waals surface area contributed by atoms with Crippen LogP contribution in [0.2, 0.25) is 0 Å². The van der Waals surface area contributed by atoms with Gasteiger partial charge in [-0.1, -0.05) is 19.8 Å². The minimum absolute atomic E-state index is 0.0593. The number of ether oxygens (including phenoxy) is 1. The van der Waals surface area contributed by atoms with E-state index in [1.165, 1.54) is 7.11 Å². The number of esters is 1. The Bertz CT molecular complexity index is 223. The van der Waals surface area contributed by atoms with Crippen molar-refractivity contribution in [1.82, 2.24) is 0 Å². The highest BCUT2D eigenvalue weighted by molar-refractivity contribution is 5.99. The van der Waals surface area contributed by atoms with Gasteiger partial charge in [-0.15, -0.1) is 0 Å². The van der Waals surface area contributed by atoms with Crippen molar-refractivity contribution in [2.24, 2.45) is 11.8 Å². The van der Waals surface area contributed by atoms with Gasteiger partial charge in [-0.2, -0.15) is 0 Å². The number of carbonyl (C=O) groups is 2.